The maximum atomic E-state index is 11.9. The van der Waals surface area contributed by atoms with Crippen LogP contribution in [0.15, 0.2) is 24.3 Å². The van der Waals surface area contributed by atoms with E-state index in [1.165, 1.54) is 12.1 Å². The van der Waals surface area contributed by atoms with Crippen molar-refractivity contribution in [3.8, 4) is 0 Å². The molecular formula is C17H24N2O4. The molecular weight excluding hydrogens is 296 g/mol. The second-order valence-electron chi connectivity index (χ2n) is 6.02. The van der Waals surface area contributed by atoms with E-state index < -0.39 is 5.97 Å². The molecule has 1 atom stereocenters. The van der Waals surface area contributed by atoms with Crippen molar-refractivity contribution in [1.29, 1.82) is 0 Å². The summed E-state index contributed by atoms with van der Waals surface area (Å²) in [5, 5.41) is 14.6. The van der Waals surface area contributed by atoms with Gasteiger partial charge in [0.25, 0.3) is 0 Å². The van der Waals surface area contributed by atoms with E-state index in [0.717, 1.165) is 38.0 Å². The summed E-state index contributed by atoms with van der Waals surface area (Å²) < 4.78 is 5.34. The lowest BCUT2D eigenvalue weighted by Gasteiger charge is -2.25. The van der Waals surface area contributed by atoms with Crippen LogP contribution in [0.5, 0.6) is 0 Å². The Hall–Kier alpha value is -2.08. The van der Waals surface area contributed by atoms with Gasteiger partial charge in [-0.1, -0.05) is 12.1 Å². The van der Waals surface area contributed by atoms with Crippen molar-refractivity contribution < 1.29 is 19.4 Å². The van der Waals surface area contributed by atoms with E-state index in [1.807, 2.05) is 6.92 Å². The highest BCUT2D eigenvalue weighted by Gasteiger charge is 2.17. The van der Waals surface area contributed by atoms with Gasteiger partial charge in [-0.3, -0.25) is 0 Å². The second kappa shape index (κ2) is 8.53. The minimum atomic E-state index is -0.954. The van der Waals surface area contributed by atoms with Crippen molar-refractivity contribution in [3.63, 3.8) is 0 Å². The molecule has 1 unspecified atom stereocenters. The number of benzene rings is 1. The molecule has 0 bridgehead atoms. The first-order chi connectivity index (χ1) is 11.0. The van der Waals surface area contributed by atoms with E-state index in [1.54, 1.807) is 12.1 Å². The van der Waals surface area contributed by atoms with Crippen molar-refractivity contribution in [1.82, 2.24) is 10.6 Å². The van der Waals surface area contributed by atoms with Crippen LogP contribution in [0.4, 0.5) is 4.79 Å². The zero-order valence-electron chi connectivity index (χ0n) is 13.4. The number of rotatable bonds is 6. The Morgan fingerprint density at radius 2 is 1.91 bits per heavy atom. The molecule has 6 heteroatoms. The number of urea groups is 1. The normalized spacial score (nSPS) is 16.6. The number of hydrogen-bond donors (Lipinski definition) is 3. The summed E-state index contributed by atoms with van der Waals surface area (Å²) in [5.74, 6) is -0.341. The number of ether oxygens (including phenoxy) is 1. The van der Waals surface area contributed by atoms with Gasteiger partial charge in [0.15, 0.2) is 0 Å². The highest BCUT2D eigenvalue weighted by molar-refractivity contribution is 5.87. The van der Waals surface area contributed by atoms with Crippen LogP contribution < -0.4 is 10.6 Å². The molecule has 0 saturated carbocycles. The second-order valence-corrected chi connectivity index (χ2v) is 6.02. The van der Waals surface area contributed by atoms with Crippen molar-refractivity contribution in [2.45, 2.75) is 38.8 Å². The predicted octanol–water partition coefficient (Wildman–Crippen LogP) is 2.39. The molecule has 1 fully saturated rings. The lowest BCUT2D eigenvalue weighted by Crippen LogP contribution is -2.41. The molecule has 0 spiro atoms. The molecule has 1 aromatic carbocycles. The number of hydrogen-bond acceptors (Lipinski definition) is 3. The molecule has 0 aliphatic carbocycles. The molecule has 0 radical (unpaired) electrons. The van der Waals surface area contributed by atoms with Crippen molar-refractivity contribution in [2.24, 2.45) is 5.92 Å². The molecule has 3 N–H and O–H groups in total. The molecule has 2 amide bonds. The SMILES string of the molecule is CC(CC1CCOCC1)NC(=O)NCc1ccc(C(=O)O)cc1. The Morgan fingerprint density at radius 3 is 2.52 bits per heavy atom. The number of carbonyl (C=O) groups is 2. The summed E-state index contributed by atoms with van der Waals surface area (Å²) in [4.78, 5) is 22.7. The van der Waals surface area contributed by atoms with Gasteiger partial charge in [0.1, 0.15) is 0 Å². The van der Waals surface area contributed by atoms with E-state index in [9.17, 15) is 9.59 Å². The van der Waals surface area contributed by atoms with E-state index in [2.05, 4.69) is 10.6 Å². The van der Waals surface area contributed by atoms with E-state index in [-0.39, 0.29) is 17.6 Å². The third-order valence-electron chi connectivity index (χ3n) is 4.06. The first-order valence-electron chi connectivity index (χ1n) is 7.99. The highest BCUT2D eigenvalue weighted by atomic mass is 16.5. The summed E-state index contributed by atoms with van der Waals surface area (Å²) >= 11 is 0. The van der Waals surface area contributed by atoms with Gasteiger partial charge in [-0.2, -0.15) is 0 Å². The summed E-state index contributed by atoms with van der Waals surface area (Å²) in [6, 6.07) is 6.39. The Kier molecular flexibility index (Phi) is 6.40. The fraction of sp³-hybridized carbons (Fsp3) is 0.529. The monoisotopic (exact) mass is 320 g/mol. The predicted molar refractivity (Wildman–Crippen MR) is 86.4 cm³/mol. The third kappa shape index (κ3) is 5.90. The lowest BCUT2D eigenvalue weighted by atomic mass is 9.93. The van der Waals surface area contributed by atoms with Crippen LogP contribution in [-0.2, 0) is 11.3 Å². The lowest BCUT2D eigenvalue weighted by molar-refractivity contribution is 0.0615. The van der Waals surface area contributed by atoms with Gasteiger partial charge in [0.2, 0.25) is 0 Å². The Labute approximate surface area is 136 Å². The van der Waals surface area contributed by atoms with Crippen molar-refractivity contribution >= 4 is 12.0 Å². The number of carboxylic acid groups (broad SMARTS) is 1. The molecule has 1 aromatic rings. The molecule has 6 nitrogen and oxygen atoms in total. The van der Waals surface area contributed by atoms with Crippen molar-refractivity contribution in [3.05, 3.63) is 35.4 Å². The van der Waals surface area contributed by atoms with Crippen LogP contribution in [0.3, 0.4) is 0 Å². The summed E-state index contributed by atoms with van der Waals surface area (Å²) in [7, 11) is 0. The molecule has 126 valence electrons. The molecule has 1 aliphatic heterocycles. The number of nitrogens with one attached hydrogen (secondary N) is 2. The Bertz CT molecular complexity index is 524. The van der Waals surface area contributed by atoms with Crippen LogP contribution in [0.2, 0.25) is 0 Å². The standard InChI is InChI=1S/C17H24N2O4/c1-12(10-13-6-8-23-9-7-13)19-17(22)18-11-14-2-4-15(5-3-14)16(20)21/h2-5,12-13H,6-11H2,1H3,(H,20,21)(H2,18,19,22). The maximum Gasteiger partial charge on any atom is 0.335 e. The minimum absolute atomic E-state index is 0.118. The topological polar surface area (TPSA) is 87.7 Å². The molecule has 1 heterocycles. The first kappa shape index (κ1) is 17.3. The number of aromatic carboxylic acids is 1. The van der Waals surface area contributed by atoms with Crippen molar-refractivity contribution in [2.75, 3.05) is 13.2 Å². The maximum absolute atomic E-state index is 11.9. The largest absolute Gasteiger partial charge is 0.478 e. The molecule has 23 heavy (non-hydrogen) atoms. The summed E-state index contributed by atoms with van der Waals surface area (Å²) in [5.41, 5.74) is 1.10. The number of carbonyl (C=O) groups excluding carboxylic acids is 1. The van der Waals surface area contributed by atoms with Gasteiger partial charge in [0, 0.05) is 25.8 Å². The molecule has 2 rings (SSSR count). The Balaban J connectivity index is 1.70. The summed E-state index contributed by atoms with van der Waals surface area (Å²) in [6.45, 7) is 4.01. The van der Waals surface area contributed by atoms with Crippen LogP contribution in [0.25, 0.3) is 0 Å². The quantitative estimate of drug-likeness (QED) is 0.751. The smallest absolute Gasteiger partial charge is 0.335 e. The van der Waals surface area contributed by atoms with Crippen LogP contribution in [0.1, 0.15) is 42.1 Å². The summed E-state index contributed by atoms with van der Waals surface area (Å²) in [6.07, 6.45) is 3.08. The van der Waals surface area contributed by atoms with Gasteiger partial charge < -0.3 is 20.5 Å². The minimum Gasteiger partial charge on any atom is -0.478 e. The number of amides is 2. The average Bonchev–Trinajstić information content (AvgIpc) is 2.54. The van der Waals surface area contributed by atoms with Gasteiger partial charge in [0.05, 0.1) is 5.56 Å². The fourth-order valence-corrected chi connectivity index (χ4v) is 2.76. The van der Waals surface area contributed by atoms with Gasteiger partial charge in [-0.15, -0.1) is 0 Å². The molecule has 0 aromatic heterocycles. The van der Waals surface area contributed by atoms with Gasteiger partial charge >= 0.3 is 12.0 Å². The highest BCUT2D eigenvalue weighted by Crippen LogP contribution is 2.19. The molecule has 1 saturated heterocycles. The number of carboxylic acids is 1. The van der Waals surface area contributed by atoms with Crippen LogP contribution in [0, 0.1) is 5.92 Å². The third-order valence-corrected chi connectivity index (χ3v) is 4.06. The average molecular weight is 320 g/mol. The molecule has 1 aliphatic rings. The van der Waals surface area contributed by atoms with Crippen LogP contribution >= 0.6 is 0 Å². The fourth-order valence-electron chi connectivity index (χ4n) is 2.76. The zero-order valence-corrected chi connectivity index (χ0v) is 13.4. The van der Waals surface area contributed by atoms with Gasteiger partial charge in [-0.25, -0.2) is 9.59 Å². The van der Waals surface area contributed by atoms with Crippen LogP contribution in [-0.4, -0.2) is 36.4 Å². The van der Waals surface area contributed by atoms with Gasteiger partial charge in [-0.05, 0) is 49.8 Å². The zero-order chi connectivity index (χ0) is 16.7. The Morgan fingerprint density at radius 1 is 1.26 bits per heavy atom. The first-order valence-corrected chi connectivity index (χ1v) is 7.99. The van der Waals surface area contributed by atoms with E-state index in [4.69, 9.17) is 9.84 Å². The van der Waals surface area contributed by atoms with E-state index >= 15 is 0 Å². The van der Waals surface area contributed by atoms with E-state index in [0.29, 0.717) is 12.5 Å².